The lowest BCUT2D eigenvalue weighted by Crippen LogP contribution is -2.29. The topological polar surface area (TPSA) is 84.7 Å². The molecule has 23 heavy (non-hydrogen) atoms. The average molecular weight is 312 g/mol. The molecule has 4 rings (SSSR count). The predicted octanol–water partition coefficient (Wildman–Crippen LogP) is 1.61. The Labute approximate surface area is 134 Å². The largest absolute Gasteiger partial charge is 0.325 e. The van der Waals surface area contributed by atoms with E-state index >= 15 is 0 Å². The Hall–Kier alpha value is -2.28. The molecule has 0 bridgehead atoms. The molecule has 0 aliphatic heterocycles. The van der Waals surface area contributed by atoms with E-state index in [-0.39, 0.29) is 5.91 Å². The maximum atomic E-state index is 12.0. The summed E-state index contributed by atoms with van der Waals surface area (Å²) >= 11 is 0. The standard InChI is InChI=1S/C16H20N6O/c23-15(10-17-9-11-4-5-11)18-13-3-1-2-12(8-13)16-19-20-21-22(16)14-6-7-14/h1-3,8,11,14,17H,4-7,9-10H2,(H,18,23). The van der Waals surface area contributed by atoms with Crippen LogP contribution in [0.2, 0.25) is 0 Å². The van der Waals surface area contributed by atoms with E-state index in [1.807, 2.05) is 28.9 Å². The first-order valence-corrected chi connectivity index (χ1v) is 8.18. The van der Waals surface area contributed by atoms with Crippen molar-refractivity contribution in [3.05, 3.63) is 24.3 Å². The van der Waals surface area contributed by atoms with Gasteiger partial charge in [0.05, 0.1) is 12.6 Å². The Balaban J connectivity index is 1.41. The van der Waals surface area contributed by atoms with Crippen LogP contribution in [0.1, 0.15) is 31.7 Å². The van der Waals surface area contributed by atoms with Crippen LogP contribution in [0.15, 0.2) is 24.3 Å². The highest BCUT2D eigenvalue weighted by Crippen LogP contribution is 2.36. The van der Waals surface area contributed by atoms with E-state index < -0.39 is 0 Å². The summed E-state index contributed by atoms with van der Waals surface area (Å²) in [6.45, 7) is 1.28. The van der Waals surface area contributed by atoms with Gasteiger partial charge in [-0.3, -0.25) is 4.79 Å². The number of aromatic nitrogens is 4. The highest BCUT2D eigenvalue weighted by Gasteiger charge is 2.28. The summed E-state index contributed by atoms with van der Waals surface area (Å²) in [6, 6.07) is 8.10. The molecule has 0 saturated heterocycles. The van der Waals surface area contributed by atoms with E-state index in [1.165, 1.54) is 12.8 Å². The third-order valence-corrected chi connectivity index (χ3v) is 4.21. The predicted molar refractivity (Wildman–Crippen MR) is 85.7 cm³/mol. The maximum Gasteiger partial charge on any atom is 0.238 e. The van der Waals surface area contributed by atoms with Gasteiger partial charge in [-0.15, -0.1) is 5.10 Å². The molecular weight excluding hydrogens is 292 g/mol. The third-order valence-electron chi connectivity index (χ3n) is 4.21. The summed E-state index contributed by atoms with van der Waals surface area (Å²) in [5, 5.41) is 18.1. The minimum absolute atomic E-state index is 0.0235. The van der Waals surface area contributed by atoms with Crippen molar-refractivity contribution in [2.75, 3.05) is 18.4 Å². The summed E-state index contributed by atoms with van der Waals surface area (Å²) in [5.74, 6) is 1.51. The zero-order valence-corrected chi connectivity index (χ0v) is 12.9. The SMILES string of the molecule is O=C(CNCC1CC1)Nc1cccc(-c2nnnn2C2CC2)c1. The zero-order chi connectivity index (χ0) is 15.6. The first kappa shape index (κ1) is 14.3. The second-order valence-electron chi connectivity index (χ2n) is 6.38. The lowest BCUT2D eigenvalue weighted by atomic mass is 10.2. The number of carbonyl (C=O) groups is 1. The summed E-state index contributed by atoms with van der Waals surface area (Å²) in [4.78, 5) is 12.0. The van der Waals surface area contributed by atoms with Crippen LogP contribution in [-0.2, 0) is 4.79 Å². The smallest absolute Gasteiger partial charge is 0.238 e. The maximum absolute atomic E-state index is 12.0. The molecule has 7 heteroatoms. The van der Waals surface area contributed by atoms with Crippen molar-refractivity contribution in [3.63, 3.8) is 0 Å². The first-order chi connectivity index (χ1) is 11.3. The van der Waals surface area contributed by atoms with Gasteiger partial charge in [0.15, 0.2) is 5.82 Å². The van der Waals surface area contributed by atoms with E-state index in [0.29, 0.717) is 12.6 Å². The number of nitrogens with one attached hydrogen (secondary N) is 2. The monoisotopic (exact) mass is 312 g/mol. The van der Waals surface area contributed by atoms with E-state index in [1.54, 1.807) is 0 Å². The summed E-state index contributed by atoms with van der Waals surface area (Å²) < 4.78 is 1.87. The fraction of sp³-hybridized carbons (Fsp3) is 0.500. The van der Waals surface area contributed by atoms with Crippen LogP contribution in [0.3, 0.4) is 0 Å². The van der Waals surface area contributed by atoms with E-state index in [4.69, 9.17) is 0 Å². The number of tetrazole rings is 1. The van der Waals surface area contributed by atoms with Gasteiger partial charge in [-0.1, -0.05) is 12.1 Å². The van der Waals surface area contributed by atoms with Crippen LogP contribution in [0.4, 0.5) is 5.69 Å². The van der Waals surface area contributed by atoms with Crippen molar-refractivity contribution in [3.8, 4) is 11.4 Å². The summed E-state index contributed by atoms with van der Waals surface area (Å²) in [7, 11) is 0. The molecule has 2 saturated carbocycles. The Kier molecular flexibility index (Phi) is 3.78. The number of benzene rings is 1. The van der Waals surface area contributed by atoms with E-state index in [0.717, 1.165) is 42.4 Å². The van der Waals surface area contributed by atoms with Crippen LogP contribution < -0.4 is 10.6 Å². The number of amides is 1. The second kappa shape index (κ2) is 6.08. The number of rotatable bonds is 7. The molecule has 120 valence electrons. The van der Waals surface area contributed by atoms with Gasteiger partial charge in [-0.2, -0.15) is 0 Å². The van der Waals surface area contributed by atoms with Gasteiger partial charge in [0, 0.05) is 11.3 Å². The van der Waals surface area contributed by atoms with Gasteiger partial charge in [0.25, 0.3) is 0 Å². The highest BCUT2D eigenvalue weighted by molar-refractivity contribution is 5.92. The highest BCUT2D eigenvalue weighted by atomic mass is 16.1. The van der Waals surface area contributed by atoms with Crippen LogP contribution in [0.5, 0.6) is 0 Å². The second-order valence-corrected chi connectivity index (χ2v) is 6.38. The van der Waals surface area contributed by atoms with E-state index in [2.05, 4.69) is 26.2 Å². The molecule has 2 aliphatic rings. The van der Waals surface area contributed by atoms with Crippen molar-refractivity contribution < 1.29 is 4.79 Å². The Morgan fingerprint density at radius 1 is 1.26 bits per heavy atom. The van der Waals surface area contributed by atoms with Gasteiger partial charge in [-0.25, -0.2) is 4.68 Å². The summed E-state index contributed by atoms with van der Waals surface area (Å²) in [6.07, 6.45) is 4.82. The summed E-state index contributed by atoms with van der Waals surface area (Å²) in [5.41, 5.74) is 1.69. The molecule has 1 aromatic heterocycles. The van der Waals surface area contributed by atoms with Crippen LogP contribution in [0.25, 0.3) is 11.4 Å². The molecule has 7 nitrogen and oxygen atoms in total. The van der Waals surface area contributed by atoms with Crippen molar-refractivity contribution in [2.45, 2.75) is 31.7 Å². The minimum atomic E-state index is -0.0235. The molecule has 2 aromatic rings. The average Bonchev–Trinajstić information content (AvgIpc) is 3.48. The molecule has 0 unspecified atom stereocenters. The van der Waals surface area contributed by atoms with Crippen LogP contribution in [0, 0.1) is 5.92 Å². The van der Waals surface area contributed by atoms with Gasteiger partial charge in [-0.05, 0) is 60.7 Å². The molecule has 0 spiro atoms. The van der Waals surface area contributed by atoms with Gasteiger partial charge in [0.1, 0.15) is 0 Å². The quantitative estimate of drug-likeness (QED) is 0.811. The number of hydrogen-bond acceptors (Lipinski definition) is 5. The number of hydrogen-bond donors (Lipinski definition) is 2. The van der Waals surface area contributed by atoms with Gasteiger partial charge in [0.2, 0.25) is 5.91 Å². The van der Waals surface area contributed by atoms with Crippen molar-refractivity contribution in [1.82, 2.24) is 25.5 Å². The molecule has 2 aliphatic carbocycles. The molecule has 0 radical (unpaired) electrons. The zero-order valence-electron chi connectivity index (χ0n) is 12.9. The Morgan fingerprint density at radius 3 is 2.91 bits per heavy atom. The fourth-order valence-electron chi connectivity index (χ4n) is 2.60. The van der Waals surface area contributed by atoms with Crippen molar-refractivity contribution in [1.29, 1.82) is 0 Å². The van der Waals surface area contributed by atoms with Crippen molar-refractivity contribution >= 4 is 11.6 Å². The third kappa shape index (κ3) is 3.56. The van der Waals surface area contributed by atoms with Crippen molar-refractivity contribution in [2.24, 2.45) is 5.92 Å². The number of nitrogens with zero attached hydrogens (tertiary/aromatic N) is 4. The molecule has 0 atom stereocenters. The number of carbonyl (C=O) groups excluding carboxylic acids is 1. The molecule has 1 heterocycles. The number of anilines is 1. The first-order valence-electron chi connectivity index (χ1n) is 8.18. The molecule has 2 fully saturated rings. The van der Waals surface area contributed by atoms with E-state index in [9.17, 15) is 4.79 Å². The van der Waals surface area contributed by atoms with Crippen LogP contribution in [-0.4, -0.2) is 39.2 Å². The lowest BCUT2D eigenvalue weighted by molar-refractivity contribution is -0.115. The van der Waals surface area contributed by atoms with Gasteiger partial charge < -0.3 is 10.6 Å². The Bertz CT molecular complexity index is 704. The molecule has 1 amide bonds. The lowest BCUT2D eigenvalue weighted by Gasteiger charge is -2.08. The molecular formula is C16H20N6O. The normalized spacial score (nSPS) is 17.2. The van der Waals surface area contributed by atoms with Gasteiger partial charge >= 0.3 is 0 Å². The Morgan fingerprint density at radius 2 is 2.13 bits per heavy atom. The van der Waals surface area contributed by atoms with Crippen LogP contribution >= 0.6 is 0 Å². The molecule has 2 N–H and O–H groups in total. The minimum Gasteiger partial charge on any atom is -0.325 e. The molecule has 1 aromatic carbocycles. The fourth-order valence-corrected chi connectivity index (χ4v) is 2.60.